The highest BCUT2D eigenvalue weighted by Gasteiger charge is 2.27. The van der Waals surface area contributed by atoms with E-state index in [1.54, 1.807) is 12.1 Å². The molecule has 0 saturated carbocycles. The number of nitrogens with zero attached hydrogens (tertiary/aromatic N) is 5. The minimum absolute atomic E-state index is 0.00748. The van der Waals surface area contributed by atoms with Crippen LogP contribution in [0.5, 0.6) is 0 Å². The lowest BCUT2D eigenvalue weighted by molar-refractivity contribution is -0.121. The zero-order chi connectivity index (χ0) is 23.7. The summed E-state index contributed by atoms with van der Waals surface area (Å²) in [5.74, 6) is 0.451. The second kappa shape index (κ2) is 9.63. The zero-order valence-corrected chi connectivity index (χ0v) is 19.5. The predicted molar refractivity (Wildman–Crippen MR) is 120 cm³/mol. The Morgan fingerprint density at radius 1 is 1.21 bits per heavy atom. The average molecular weight is 469 g/mol. The van der Waals surface area contributed by atoms with Gasteiger partial charge in [0.25, 0.3) is 0 Å². The molecule has 9 nitrogen and oxygen atoms in total. The largest absolute Gasteiger partial charge is 0.365 e. The van der Waals surface area contributed by atoms with Gasteiger partial charge in [0.1, 0.15) is 23.4 Å². The first-order chi connectivity index (χ1) is 16.5. The van der Waals surface area contributed by atoms with E-state index in [4.69, 9.17) is 9.26 Å². The van der Waals surface area contributed by atoms with Crippen LogP contribution < -0.4 is 5.32 Å². The van der Waals surface area contributed by atoms with Crippen molar-refractivity contribution in [1.29, 1.82) is 0 Å². The van der Waals surface area contributed by atoms with Crippen molar-refractivity contribution in [2.45, 2.75) is 65.0 Å². The van der Waals surface area contributed by atoms with Gasteiger partial charge in [0.05, 0.1) is 31.0 Å². The lowest BCUT2D eigenvalue weighted by Crippen LogP contribution is -2.45. The Balaban J connectivity index is 1.11. The van der Waals surface area contributed by atoms with Crippen LogP contribution >= 0.6 is 0 Å². The van der Waals surface area contributed by atoms with Crippen molar-refractivity contribution in [1.82, 2.24) is 30.4 Å². The molecular weight excluding hydrogens is 439 g/mol. The van der Waals surface area contributed by atoms with Gasteiger partial charge in [0, 0.05) is 31.2 Å². The van der Waals surface area contributed by atoms with Gasteiger partial charge in [-0.25, -0.2) is 9.07 Å². The zero-order valence-electron chi connectivity index (χ0n) is 19.5. The minimum Gasteiger partial charge on any atom is -0.365 e. The number of hydrogen-bond acceptors (Lipinski definition) is 7. The third-order valence-electron chi connectivity index (χ3n) is 6.76. The van der Waals surface area contributed by atoms with Crippen molar-refractivity contribution in [2.75, 3.05) is 13.1 Å². The summed E-state index contributed by atoms with van der Waals surface area (Å²) in [4.78, 5) is 14.8. The number of rotatable bonds is 6. The van der Waals surface area contributed by atoms with Crippen LogP contribution in [-0.4, -0.2) is 50.1 Å². The number of piperidine rings is 1. The Hall–Kier alpha value is -3.11. The van der Waals surface area contributed by atoms with Crippen LogP contribution in [0.4, 0.5) is 4.39 Å². The van der Waals surface area contributed by atoms with E-state index in [0.29, 0.717) is 31.9 Å². The minimum atomic E-state index is -0.257. The van der Waals surface area contributed by atoms with Crippen molar-refractivity contribution >= 4 is 5.91 Å². The van der Waals surface area contributed by atoms with Crippen molar-refractivity contribution < 1.29 is 18.4 Å². The molecule has 1 amide bonds. The summed E-state index contributed by atoms with van der Waals surface area (Å²) in [6.07, 6.45) is 1.92. The van der Waals surface area contributed by atoms with Crippen molar-refractivity contribution in [3.8, 4) is 0 Å². The number of nitrogens with one attached hydrogen (secondary N) is 1. The fourth-order valence-electron chi connectivity index (χ4n) is 4.71. The molecule has 4 heterocycles. The maximum Gasteiger partial charge on any atom is 0.224 e. The van der Waals surface area contributed by atoms with Gasteiger partial charge in [0.2, 0.25) is 5.91 Å². The summed E-state index contributed by atoms with van der Waals surface area (Å²) in [5, 5.41) is 15.8. The summed E-state index contributed by atoms with van der Waals surface area (Å²) >= 11 is 0. The Kier molecular flexibility index (Phi) is 6.42. The summed E-state index contributed by atoms with van der Waals surface area (Å²) in [6, 6.07) is 6.56. The quantitative estimate of drug-likeness (QED) is 0.594. The monoisotopic (exact) mass is 468 g/mol. The third-order valence-corrected chi connectivity index (χ3v) is 6.76. The van der Waals surface area contributed by atoms with Gasteiger partial charge >= 0.3 is 0 Å². The number of benzene rings is 1. The Labute approximate surface area is 197 Å². The van der Waals surface area contributed by atoms with E-state index >= 15 is 0 Å². The predicted octanol–water partition coefficient (Wildman–Crippen LogP) is 2.62. The molecule has 0 spiro atoms. The molecule has 10 heteroatoms. The van der Waals surface area contributed by atoms with Gasteiger partial charge in [-0.05, 0) is 44.4 Å². The molecule has 0 bridgehead atoms. The number of halogens is 1. The first-order valence-electron chi connectivity index (χ1n) is 11.7. The van der Waals surface area contributed by atoms with Crippen LogP contribution in [0.15, 0.2) is 28.8 Å². The molecule has 2 aromatic heterocycles. The van der Waals surface area contributed by atoms with Gasteiger partial charge in [-0.1, -0.05) is 22.5 Å². The first-order valence-corrected chi connectivity index (χ1v) is 11.7. The van der Waals surface area contributed by atoms with E-state index < -0.39 is 0 Å². The molecule has 2 aliphatic heterocycles. The van der Waals surface area contributed by atoms with E-state index in [2.05, 4.69) is 25.7 Å². The summed E-state index contributed by atoms with van der Waals surface area (Å²) in [6.45, 7) is 7.14. The number of amides is 1. The molecular formula is C24H29FN6O3. The Morgan fingerprint density at radius 2 is 1.97 bits per heavy atom. The lowest BCUT2D eigenvalue weighted by Gasteiger charge is -2.32. The summed E-state index contributed by atoms with van der Waals surface area (Å²) < 4.78 is 26.3. The molecule has 1 N–H and O–H groups in total. The van der Waals surface area contributed by atoms with Crippen LogP contribution in [0, 0.1) is 19.7 Å². The standard InChI is InChI=1S/C24H29FN6O3/c1-15-20(16(2)34-28-15)11-24(32)26-19-7-9-30(10-8-19)12-21-22-14-33-23(13-31(22)29-27-21)17-3-5-18(25)6-4-17/h3-6,19,23H,7-14H2,1-2H3,(H,26,32). The van der Waals surface area contributed by atoms with Crippen LogP contribution in [0.3, 0.4) is 0 Å². The number of aryl methyl sites for hydroxylation is 2. The highest BCUT2D eigenvalue weighted by molar-refractivity contribution is 5.79. The fourth-order valence-corrected chi connectivity index (χ4v) is 4.71. The van der Waals surface area contributed by atoms with Gasteiger partial charge in [-0.15, -0.1) is 5.10 Å². The number of hydrogen-bond donors (Lipinski definition) is 1. The van der Waals surface area contributed by atoms with E-state index in [0.717, 1.165) is 54.1 Å². The molecule has 1 atom stereocenters. The van der Waals surface area contributed by atoms with Gasteiger partial charge < -0.3 is 14.6 Å². The topological polar surface area (TPSA) is 98.3 Å². The van der Waals surface area contributed by atoms with E-state index in [1.807, 2.05) is 18.5 Å². The van der Waals surface area contributed by atoms with E-state index in [9.17, 15) is 9.18 Å². The molecule has 3 aromatic rings. The Bertz CT molecular complexity index is 1130. The maximum absolute atomic E-state index is 13.2. The summed E-state index contributed by atoms with van der Waals surface area (Å²) in [5.41, 5.74) is 4.50. The number of fused-ring (bicyclic) bond motifs is 1. The molecule has 2 aliphatic rings. The second-order valence-electron chi connectivity index (χ2n) is 9.11. The smallest absolute Gasteiger partial charge is 0.224 e. The first kappa shape index (κ1) is 22.7. The van der Waals surface area contributed by atoms with Gasteiger partial charge in [0.15, 0.2) is 0 Å². The Morgan fingerprint density at radius 3 is 2.68 bits per heavy atom. The molecule has 1 unspecified atom stereocenters. The fraction of sp³-hybridized carbons (Fsp3) is 0.500. The van der Waals surface area contributed by atoms with Crippen molar-refractivity contribution in [3.05, 3.63) is 64.1 Å². The van der Waals surface area contributed by atoms with E-state index in [1.165, 1.54) is 12.1 Å². The van der Waals surface area contributed by atoms with Gasteiger partial charge in [-0.3, -0.25) is 9.69 Å². The van der Waals surface area contributed by atoms with Crippen LogP contribution in [0.25, 0.3) is 0 Å². The maximum atomic E-state index is 13.2. The number of likely N-dealkylation sites (tertiary alicyclic amines) is 1. The van der Waals surface area contributed by atoms with Crippen LogP contribution in [-0.2, 0) is 35.6 Å². The normalized spacial score (nSPS) is 19.2. The van der Waals surface area contributed by atoms with Crippen molar-refractivity contribution in [3.63, 3.8) is 0 Å². The molecule has 1 aromatic carbocycles. The number of carbonyl (C=O) groups is 1. The van der Waals surface area contributed by atoms with Crippen LogP contribution in [0.2, 0.25) is 0 Å². The van der Waals surface area contributed by atoms with Crippen molar-refractivity contribution in [2.24, 2.45) is 0 Å². The van der Waals surface area contributed by atoms with Crippen LogP contribution in [0.1, 0.15) is 52.9 Å². The molecule has 1 fully saturated rings. The number of aromatic nitrogens is 4. The summed E-state index contributed by atoms with van der Waals surface area (Å²) in [7, 11) is 0. The molecule has 0 radical (unpaired) electrons. The molecule has 34 heavy (non-hydrogen) atoms. The molecule has 180 valence electrons. The van der Waals surface area contributed by atoms with Gasteiger partial charge in [-0.2, -0.15) is 0 Å². The van der Waals surface area contributed by atoms with E-state index in [-0.39, 0.29) is 23.9 Å². The SMILES string of the molecule is Cc1noc(C)c1CC(=O)NC1CCN(Cc2nnn3c2COC(c2ccc(F)cc2)C3)CC1. The third kappa shape index (κ3) is 4.88. The lowest BCUT2D eigenvalue weighted by atomic mass is 10.0. The highest BCUT2D eigenvalue weighted by atomic mass is 19.1. The molecule has 5 rings (SSSR count). The highest BCUT2D eigenvalue weighted by Crippen LogP contribution is 2.28. The second-order valence-corrected chi connectivity index (χ2v) is 9.11. The number of ether oxygens (including phenoxy) is 1. The number of carbonyl (C=O) groups excluding carboxylic acids is 1. The molecule has 0 aliphatic carbocycles. The molecule has 1 saturated heterocycles. The average Bonchev–Trinajstić information content (AvgIpc) is 3.38.